The van der Waals surface area contributed by atoms with Gasteiger partial charge in [0, 0.05) is 43.0 Å². The van der Waals surface area contributed by atoms with Gasteiger partial charge in [0.1, 0.15) is 5.60 Å². The van der Waals surface area contributed by atoms with Crippen LogP contribution in [0, 0.1) is 0 Å². The number of carbonyl (C=O) groups excluding carboxylic acids is 1. The Hall–Kier alpha value is -3.69. The normalized spacial score (nSPS) is 14.6. The summed E-state index contributed by atoms with van der Waals surface area (Å²) in [7, 11) is 0. The zero-order valence-electron chi connectivity index (χ0n) is 23.1. The molecule has 1 saturated heterocycles. The van der Waals surface area contributed by atoms with Crippen molar-refractivity contribution < 1.29 is 9.53 Å². The summed E-state index contributed by atoms with van der Waals surface area (Å²) in [5.74, 6) is 0.548. The summed E-state index contributed by atoms with van der Waals surface area (Å²) in [4.78, 5) is 31.9. The Morgan fingerprint density at radius 3 is 2.48 bits per heavy atom. The van der Waals surface area contributed by atoms with Crippen LogP contribution in [0.1, 0.15) is 39.3 Å². The highest BCUT2D eigenvalue weighted by Gasteiger charge is 2.28. The van der Waals surface area contributed by atoms with Gasteiger partial charge in [0.2, 0.25) is 5.95 Å². The standard InChI is InChI=1S/C30H33ClN6O2S/c1-20(21-9-6-5-7-10-21)33-27-32-14-13-24(34-27)26-25(22-11-8-12-23(31)19-22)35-28(40-26)36-15-17-37(18-16-36)29(38)39-30(2,3)4/h5-14,19-20H,15-18H2,1-4H3,(H,32,33,34)/t20-/m0/s1. The van der Waals surface area contributed by atoms with Crippen LogP contribution in [0.2, 0.25) is 5.02 Å². The maximum Gasteiger partial charge on any atom is 0.410 e. The molecule has 1 atom stereocenters. The molecule has 1 N–H and O–H groups in total. The van der Waals surface area contributed by atoms with Crippen LogP contribution in [0.4, 0.5) is 15.9 Å². The predicted octanol–water partition coefficient (Wildman–Crippen LogP) is 7.15. The second kappa shape index (κ2) is 11.8. The number of hydrogen-bond acceptors (Lipinski definition) is 8. The lowest BCUT2D eigenvalue weighted by atomic mass is 10.1. The van der Waals surface area contributed by atoms with Gasteiger partial charge in [-0.2, -0.15) is 0 Å². The SMILES string of the molecule is C[C@H](Nc1nccc(-c2sc(N3CCN(C(=O)OC(C)(C)C)CC3)nc2-c2cccc(Cl)c2)n1)c1ccccc1. The number of nitrogens with zero attached hydrogens (tertiary/aromatic N) is 5. The van der Waals surface area contributed by atoms with Crippen molar-refractivity contribution in [2.24, 2.45) is 0 Å². The molecule has 4 aromatic rings. The van der Waals surface area contributed by atoms with Crippen molar-refractivity contribution in [3.05, 3.63) is 77.4 Å². The molecule has 3 heterocycles. The number of hydrogen-bond donors (Lipinski definition) is 1. The first-order valence-corrected chi connectivity index (χ1v) is 14.5. The minimum atomic E-state index is -0.519. The van der Waals surface area contributed by atoms with Gasteiger partial charge < -0.3 is 19.9 Å². The molecule has 0 saturated carbocycles. The van der Waals surface area contributed by atoms with E-state index in [1.807, 2.05) is 69.3 Å². The molecule has 0 bridgehead atoms. The zero-order chi connectivity index (χ0) is 28.3. The second-order valence-electron chi connectivity index (χ2n) is 10.7. The Morgan fingerprint density at radius 2 is 1.77 bits per heavy atom. The Balaban J connectivity index is 1.41. The summed E-state index contributed by atoms with van der Waals surface area (Å²) in [6.07, 6.45) is 1.49. The molecular weight excluding hydrogens is 544 g/mol. The van der Waals surface area contributed by atoms with E-state index in [9.17, 15) is 4.79 Å². The predicted molar refractivity (Wildman–Crippen MR) is 162 cm³/mol. The Morgan fingerprint density at radius 1 is 1.02 bits per heavy atom. The average Bonchev–Trinajstić information content (AvgIpc) is 3.39. The highest BCUT2D eigenvalue weighted by Crippen LogP contribution is 2.40. The first-order chi connectivity index (χ1) is 19.2. The first-order valence-electron chi connectivity index (χ1n) is 13.3. The molecule has 208 valence electrons. The molecule has 1 amide bonds. The molecular formula is C30H33ClN6O2S. The van der Waals surface area contributed by atoms with Gasteiger partial charge in [-0.25, -0.2) is 19.7 Å². The Labute approximate surface area is 244 Å². The summed E-state index contributed by atoms with van der Waals surface area (Å²) in [6, 6.07) is 19.9. The number of halogens is 1. The number of piperazine rings is 1. The largest absolute Gasteiger partial charge is 0.444 e. The molecule has 0 unspecified atom stereocenters. The van der Waals surface area contributed by atoms with Gasteiger partial charge in [0.05, 0.1) is 22.3 Å². The fourth-order valence-corrected chi connectivity index (χ4v) is 5.73. The number of amides is 1. The molecule has 5 rings (SSSR count). The van der Waals surface area contributed by atoms with E-state index >= 15 is 0 Å². The van der Waals surface area contributed by atoms with E-state index in [2.05, 4.69) is 34.3 Å². The number of aromatic nitrogens is 3. The Kier molecular flexibility index (Phi) is 8.23. The highest BCUT2D eigenvalue weighted by atomic mass is 35.5. The van der Waals surface area contributed by atoms with E-state index < -0.39 is 5.60 Å². The highest BCUT2D eigenvalue weighted by molar-refractivity contribution is 7.19. The summed E-state index contributed by atoms with van der Waals surface area (Å²) in [6.45, 7) is 10.2. The molecule has 10 heteroatoms. The van der Waals surface area contributed by atoms with Gasteiger partial charge in [-0.1, -0.05) is 65.4 Å². The maximum absolute atomic E-state index is 12.6. The second-order valence-corrected chi connectivity index (χ2v) is 12.1. The number of thiazole rings is 1. The number of nitrogens with one attached hydrogen (secondary N) is 1. The van der Waals surface area contributed by atoms with E-state index in [1.54, 1.807) is 22.4 Å². The number of rotatable bonds is 6. The summed E-state index contributed by atoms with van der Waals surface area (Å²) in [5.41, 5.74) is 3.15. The van der Waals surface area contributed by atoms with Crippen LogP contribution < -0.4 is 10.2 Å². The minimum absolute atomic E-state index is 0.0436. The van der Waals surface area contributed by atoms with E-state index in [1.165, 1.54) is 0 Å². The number of ether oxygens (including phenoxy) is 1. The summed E-state index contributed by atoms with van der Waals surface area (Å²) >= 11 is 7.94. The molecule has 8 nitrogen and oxygen atoms in total. The van der Waals surface area contributed by atoms with Crippen LogP contribution in [0.25, 0.3) is 21.8 Å². The van der Waals surface area contributed by atoms with Crippen molar-refractivity contribution in [1.82, 2.24) is 19.9 Å². The van der Waals surface area contributed by atoms with E-state index in [0.717, 1.165) is 32.5 Å². The molecule has 2 aromatic carbocycles. The van der Waals surface area contributed by atoms with Gasteiger partial charge in [0.15, 0.2) is 5.13 Å². The van der Waals surface area contributed by atoms with Crippen LogP contribution in [-0.4, -0.2) is 57.7 Å². The molecule has 1 aliphatic rings. The quantitative estimate of drug-likeness (QED) is 0.261. The first kappa shape index (κ1) is 27.9. The minimum Gasteiger partial charge on any atom is -0.444 e. The van der Waals surface area contributed by atoms with Crippen molar-refractivity contribution in [2.45, 2.75) is 39.3 Å². The third kappa shape index (κ3) is 6.71. The van der Waals surface area contributed by atoms with Crippen LogP contribution >= 0.6 is 22.9 Å². The third-order valence-corrected chi connectivity index (χ3v) is 7.82. The lowest BCUT2D eigenvalue weighted by molar-refractivity contribution is 0.0240. The van der Waals surface area contributed by atoms with Crippen molar-refractivity contribution in [3.8, 4) is 21.8 Å². The van der Waals surface area contributed by atoms with E-state index in [-0.39, 0.29) is 12.1 Å². The number of benzene rings is 2. The fraction of sp³-hybridized carbons (Fsp3) is 0.333. The number of carbonyl (C=O) groups is 1. The zero-order valence-corrected chi connectivity index (χ0v) is 24.7. The average molecular weight is 577 g/mol. The molecule has 2 aromatic heterocycles. The van der Waals surface area contributed by atoms with Gasteiger partial charge in [-0.15, -0.1) is 0 Å². The van der Waals surface area contributed by atoms with Crippen LogP contribution in [-0.2, 0) is 4.74 Å². The molecule has 0 spiro atoms. The van der Waals surface area contributed by atoms with Crippen molar-refractivity contribution in [2.75, 3.05) is 36.4 Å². The molecule has 1 aliphatic heterocycles. The maximum atomic E-state index is 12.6. The Bertz CT molecular complexity index is 1460. The third-order valence-electron chi connectivity index (χ3n) is 6.45. The molecule has 0 aliphatic carbocycles. The summed E-state index contributed by atoms with van der Waals surface area (Å²) in [5, 5.41) is 4.94. The molecule has 1 fully saturated rings. The number of anilines is 2. The van der Waals surface area contributed by atoms with Crippen LogP contribution in [0.15, 0.2) is 66.9 Å². The lowest BCUT2D eigenvalue weighted by Gasteiger charge is -2.35. The van der Waals surface area contributed by atoms with Gasteiger partial charge in [-0.3, -0.25) is 0 Å². The molecule has 0 radical (unpaired) electrons. The molecule has 40 heavy (non-hydrogen) atoms. The van der Waals surface area contributed by atoms with Gasteiger partial charge >= 0.3 is 6.09 Å². The van der Waals surface area contributed by atoms with Crippen molar-refractivity contribution in [3.63, 3.8) is 0 Å². The van der Waals surface area contributed by atoms with Crippen LogP contribution in [0.5, 0.6) is 0 Å². The van der Waals surface area contributed by atoms with Gasteiger partial charge in [0.25, 0.3) is 0 Å². The lowest BCUT2D eigenvalue weighted by Crippen LogP contribution is -2.50. The van der Waals surface area contributed by atoms with Gasteiger partial charge in [-0.05, 0) is 51.5 Å². The smallest absolute Gasteiger partial charge is 0.410 e. The topological polar surface area (TPSA) is 83.5 Å². The van der Waals surface area contributed by atoms with Crippen molar-refractivity contribution >= 4 is 40.1 Å². The monoisotopic (exact) mass is 576 g/mol. The van der Waals surface area contributed by atoms with Crippen molar-refractivity contribution in [1.29, 1.82) is 0 Å². The van der Waals surface area contributed by atoms with E-state index in [0.29, 0.717) is 37.1 Å². The van der Waals surface area contributed by atoms with Crippen LogP contribution in [0.3, 0.4) is 0 Å². The van der Waals surface area contributed by atoms with E-state index in [4.69, 9.17) is 26.3 Å². The fourth-order valence-electron chi connectivity index (χ4n) is 4.43. The summed E-state index contributed by atoms with van der Waals surface area (Å²) < 4.78 is 5.56.